The van der Waals surface area contributed by atoms with E-state index in [0.717, 1.165) is 22.1 Å². The van der Waals surface area contributed by atoms with Crippen molar-refractivity contribution >= 4 is 28.3 Å². The fraction of sp³-hybridized carbons (Fsp3) is 0.312. The Morgan fingerprint density at radius 3 is 2.60 bits per heavy atom. The van der Waals surface area contributed by atoms with Crippen LogP contribution in [0.25, 0.3) is 10.8 Å². The van der Waals surface area contributed by atoms with Gasteiger partial charge in [-0.2, -0.15) is 0 Å². The summed E-state index contributed by atoms with van der Waals surface area (Å²) in [5, 5.41) is 2.15. The van der Waals surface area contributed by atoms with E-state index in [-0.39, 0.29) is 18.5 Å². The van der Waals surface area contributed by atoms with Crippen molar-refractivity contribution in [2.24, 2.45) is 0 Å². The first-order valence-corrected chi connectivity index (χ1v) is 6.99. The fourth-order valence-electron chi connectivity index (χ4n) is 2.04. The number of hydrogen-bond donors (Lipinski definition) is 0. The number of rotatable bonds is 5. The Morgan fingerprint density at radius 2 is 1.90 bits per heavy atom. The predicted octanol–water partition coefficient (Wildman–Crippen LogP) is 3.73. The van der Waals surface area contributed by atoms with Crippen LogP contribution in [0.1, 0.15) is 18.4 Å². The molecule has 0 bridgehead atoms. The highest BCUT2D eigenvalue weighted by atomic mass is 35.5. The molecule has 0 saturated heterocycles. The van der Waals surface area contributed by atoms with E-state index in [4.69, 9.17) is 21.1 Å². The average molecular weight is 293 g/mol. The summed E-state index contributed by atoms with van der Waals surface area (Å²) < 4.78 is 10.3. The first kappa shape index (κ1) is 14.7. The summed E-state index contributed by atoms with van der Waals surface area (Å²) in [6.07, 6.45) is 0. The predicted molar refractivity (Wildman–Crippen MR) is 80.6 cm³/mol. The standard InChI is InChI=1S/C16H17ClO3/c1-11(16(18)20-8-7-17)12-3-4-14-10-15(19-2)6-5-13(14)9-12/h3-6,9-11H,7-8H2,1-2H3/t11-/m1/s1. The molecule has 3 nitrogen and oxygen atoms in total. The zero-order valence-corrected chi connectivity index (χ0v) is 12.3. The molecular weight excluding hydrogens is 276 g/mol. The van der Waals surface area contributed by atoms with E-state index in [1.54, 1.807) is 7.11 Å². The molecule has 2 rings (SSSR count). The third-order valence-corrected chi connectivity index (χ3v) is 3.40. The second-order valence-electron chi connectivity index (χ2n) is 4.55. The Kier molecular flexibility index (Phi) is 4.85. The molecule has 0 N–H and O–H groups in total. The van der Waals surface area contributed by atoms with E-state index in [0.29, 0.717) is 5.88 Å². The van der Waals surface area contributed by atoms with Crippen molar-refractivity contribution in [3.05, 3.63) is 42.0 Å². The van der Waals surface area contributed by atoms with Crippen molar-refractivity contribution in [1.29, 1.82) is 0 Å². The molecule has 1 atom stereocenters. The molecule has 4 heteroatoms. The minimum absolute atomic E-state index is 0.246. The molecule has 0 radical (unpaired) electrons. The number of ether oxygens (including phenoxy) is 2. The molecule has 0 aliphatic heterocycles. The minimum atomic E-state index is -0.301. The normalized spacial score (nSPS) is 12.2. The van der Waals surface area contributed by atoms with Gasteiger partial charge >= 0.3 is 5.97 Å². The zero-order valence-electron chi connectivity index (χ0n) is 11.6. The molecule has 2 aromatic rings. The first-order valence-electron chi connectivity index (χ1n) is 6.46. The number of carbonyl (C=O) groups is 1. The largest absolute Gasteiger partial charge is 0.497 e. The SMILES string of the molecule is COc1ccc2cc([C@@H](C)C(=O)OCCCl)ccc2c1. The third kappa shape index (κ3) is 3.23. The molecule has 0 aliphatic carbocycles. The number of benzene rings is 2. The number of alkyl halides is 1. The number of esters is 1. The van der Waals surface area contributed by atoms with E-state index in [1.165, 1.54) is 0 Å². The maximum Gasteiger partial charge on any atom is 0.313 e. The maximum absolute atomic E-state index is 11.8. The third-order valence-electron chi connectivity index (χ3n) is 3.25. The van der Waals surface area contributed by atoms with Crippen molar-refractivity contribution in [3.63, 3.8) is 0 Å². The van der Waals surface area contributed by atoms with Crippen LogP contribution >= 0.6 is 11.6 Å². The number of halogens is 1. The van der Waals surface area contributed by atoms with Gasteiger partial charge in [0.1, 0.15) is 12.4 Å². The van der Waals surface area contributed by atoms with E-state index in [2.05, 4.69) is 0 Å². The number of methoxy groups -OCH3 is 1. The van der Waals surface area contributed by atoms with E-state index in [1.807, 2.05) is 43.3 Å². The summed E-state index contributed by atoms with van der Waals surface area (Å²) in [6.45, 7) is 2.08. The maximum atomic E-state index is 11.8. The highest BCUT2D eigenvalue weighted by Crippen LogP contribution is 2.25. The van der Waals surface area contributed by atoms with Crippen molar-refractivity contribution in [2.45, 2.75) is 12.8 Å². The quantitative estimate of drug-likeness (QED) is 0.622. The minimum Gasteiger partial charge on any atom is -0.497 e. The summed E-state index contributed by atoms with van der Waals surface area (Å²) >= 11 is 5.51. The molecule has 0 unspecified atom stereocenters. The van der Waals surface area contributed by atoms with Gasteiger partial charge in [0.15, 0.2) is 0 Å². The summed E-state index contributed by atoms with van der Waals surface area (Å²) in [6, 6.07) is 11.8. The van der Waals surface area contributed by atoms with Gasteiger partial charge in [0.25, 0.3) is 0 Å². The van der Waals surface area contributed by atoms with Gasteiger partial charge in [0, 0.05) is 0 Å². The fourth-order valence-corrected chi connectivity index (χ4v) is 2.12. The van der Waals surface area contributed by atoms with Gasteiger partial charge in [-0.3, -0.25) is 4.79 Å². The molecule has 20 heavy (non-hydrogen) atoms. The summed E-state index contributed by atoms with van der Waals surface area (Å²) in [5.74, 6) is 0.582. The zero-order chi connectivity index (χ0) is 14.5. The molecule has 0 aromatic heterocycles. The molecule has 0 saturated carbocycles. The monoisotopic (exact) mass is 292 g/mol. The Bertz CT molecular complexity index is 610. The van der Waals surface area contributed by atoms with Crippen LogP contribution in [0.15, 0.2) is 36.4 Å². The van der Waals surface area contributed by atoms with Crippen LogP contribution in [0.3, 0.4) is 0 Å². The van der Waals surface area contributed by atoms with Gasteiger partial charge in [-0.1, -0.05) is 24.3 Å². The molecule has 0 aliphatic rings. The summed E-state index contributed by atoms with van der Waals surface area (Å²) in [7, 11) is 1.64. The van der Waals surface area contributed by atoms with Crippen LogP contribution < -0.4 is 4.74 Å². The number of hydrogen-bond acceptors (Lipinski definition) is 3. The second kappa shape index (κ2) is 6.62. The molecule has 0 fully saturated rings. The van der Waals surface area contributed by atoms with Crippen LogP contribution in [-0.2, 0) is 9.53 Å². The van der Waals surface area contributed by atoms with Crippen LogP contribution in [0.2, 0.25) is 0 Å². The Hall–Kier alpha value is -1.74. The highest BCUT2D eigenvalue weighted by Gasteiger charge is 2.16. The number of fused-ring (bicyclic) bond motifs is 1. The molecule has 0 heterocycles. The first-order chi connectivity index (χ1) is 9.65. The van der Waals surface area contributed by atoms with E-state index < -0.39 is 0 Å². The van der Waals surface area contributed by atoms with Gasteiger partial charge < -0.3 is 9.47 Å². The lowest BCUT2D eigenvalue weighted by atomic mass is 9.98. The van der Waals surface area contributed by atoms with Crippen molar-refractivity contribution in [3.8, 4) is 5.75 Å². The van der Waals surface area contributed by atoms with Gasteiger partial charge in [0.2, 0.25) is 0 Å². The van der Waals surface area contributed by atoms with Crippen molar-refractivity contribution in [2.75, 3.05) is 19.6 Å². The van der Waals surface area contributed by atoms with Gasteiger partial charge in [-0.05, 0) is 35.4 Å². The summed E-state index contributed by atoms with van der Waals surface area (Å²) in [5.41, 5.74) is 0.933. The van der Waals surface area contributed by atoms with Gasteiger partial charge in [-0.15, -0.1) is 11.6 Å². The Balaban J connectivity index is 2.25. The topological polar surface area (TPSA) is 35.5 Å². The van der Waals surface area contributed by atoms with E-state index >= 15 is 0 Å². The Morgan fingerprint density at radius 1 is 1.20 bits per heavy atom. The molecule has 0 spiro atoms. The lowest BCUT2D eigenvalue weighted by Gasteiger charge is -2.12. The van der Waals surface area contributed by atoms with Crippen LogP contribution in [0.5, 0.6) is 5.75 Å². The van der Waals surface area contributed by atoms with E-state index in [9.17, 15) is 4.79 Å². The average Bonchev–Trinajstić information content (AvgIpc) is 2.50. The highest BCUT2D eigenvalue weighted by molar-refractivity contribution is 6.18. The molecule has 2 aromatic carbocycles. The molecule has 0 amide bonds. The second-order valence-corrected chi connectivity index (χ2v) is 4.93. The van der Waals surface area contributed by atoms with Crippen LogP contribution in [0.4, 0.5) is 0 Å². The van der Waals surface area contributed by atoms with Crippen molar-refractivity contribution in [1.82, 2.24) is 0 Å². The van der Waals surface area contributed by atoms with Gasteiger partial charge in [-0.25, -0.2) is 0 Å². The summed E-state index contributed by atoms with van der Waals surface area (Å²) in [4.78, 5) is 11.8. The van der Waals surface area contributed by atoms with Crippen LogP contribution in [-0.4, -0.2) is 25.6 Å². The molecule has 106 valence electrons. The lowest BCUT2D eigenvalue weighted by molar-refractivity contribution is -0.144. The Labute approximate surface area is 123 Å². The smallest absolute Gasteiger partial charge is 0.313 e. The molecular formula is C16H17ClO3. The van der Waals surface area contributed by atoms with Crippen LogP contribution in [0, 0.1) is 0 Å². The van der Waals surface area contributed by atoms with Crippen molar-refractivity contribution < 1.29 is 14.3 Å². The lowest BCUT2D eigenvalue weighted by Crippen LogP contribution is -2.14. The number of carbonyl (C=O) groups excluding carboxylic acids is 1. The van der Waals surface area contributed by atoms with Gasteiger partial charge in [0.05, 0.1) is 18.9 Å².